The maximum Gasteiger partial charge on any atom is 0.113 e. The summed E-state index contributed by atoms with van der Waals surface area (Å²) < 4.78 is 5.22. The van der Waals surface area contributed by atoms with E-state index in [4.69, 9.17) is 21.3 Å². The normalized spacial score (nSPS) is 10.0. The van der Waals surface area contributed by atoms with E-state index in [0.717, 1.165) is 16.4 Å². The lowest BCUT2D eigenvalue weighted by atomic mass is 10.2. The lowest BCUT2D eigenvalue weighted by Gasteiger charge is -2.01. The molecule has 1 aromatic carbocycles. The topological polar surface area (TPSA) is 36.9 Å². The first-order chi connectivity index (χ1) is 7.79. The fraction of sp³-hybridized carbons (Fsp3) is 0.0833. The van der Waals surface area contributed by atoms with Crippen LogP contribution in [0.5, 0.6) is 0 Å². The SMILES string of the molecule is N#Cc1ccc(SCc2ccco2)cc1Cl. The molecule has 2 nitrogen and oxygen atoms in total. The molecular formula is C12H8ClNOS. The van der Waals surface area contributed by atoms with Crippen molar-refractivity contribution in [1.29, 1.82) is 5.26 Å². The number of thioether (sulfide) groups is 1. The van der Waals surface area contributed by atoms with Gasteiger partial charge >= 0.3 is 0 Å². The van der Waals surface area contributed by atoms with Crippen molar-refractivity contribution in [2.45, 2.75) is 10.6 Å². The smallest absolute Gasteiger partial charge is 0.113 e. The number of rotatable bonds is 3. The highest BCUT2D eigenvalue weighted by Crippen LogP contribution is 2.27. The van der Waals surface area contributed by atoms with Gasteiger partial charge in [-0.05, 0) is 30.3 Å². The first-order valence-corrected chi connectivity index (χ1v) is 6.01. The largest absolute Gasteiger partial charge is 0.468 e. The van der Waals surface area contributed by atoms with Crippen LogP contribution in [0.4, 0.5) is 0 Å². The molecule has 0 aliphatic carbocycles. The van der Waals surface area contributed by atoms with Crippen LogP contribution in [0.25, 0.3) is 0 Å². The Morgan fingerprint density at radius 1 is 1.38 bits per heavy atom. The summed E-state index contributed by atoms with van der Waals surface area (Å²) in [6.45, 7) is 0. The van der Waals surface area contributed by atoms with E-state index in [0.29, 0.717) is 10.6 Å². The van der Waals surface area contributed by atoms with Crippen LogP contribution in [-0.4, -0.2) is 0 Å². The summed E-state index contributed by atoms with van der Waals surface area (Å²) in [4.78, 5) is 1.03. The summed E-state index contributed by atoms with van der Waals surface area (Å²) in [6.07, 6.45) is 1.65. The molecule has 0 spiro atoms. The van der Waals surface area contributed by atoms with Crippen molar-refractivity contribution < 1.29 is 4.42 Å². The van der Waals surface area contributed by atoms with Crippen molar-refractivity contribution in [2.75, 3.05) is 0 Å². The summed E-state index contributed by atoms with van der Waals surface area (Å²) in [5, 5.41) is 9.23. The minimum Gasteiger partial charge on any atom is -0.468 e. The number of hydrogen-bond acceptors (Lipinski definition) is 3. The average molecular weight is 250 g/mol. The van der Waals surface area contributed by atoms with Crippen LogP contribution in [0.1, 0.15) is 11.3 Å². The van der Waals surface area contributed by atoms with Gasteiger partial charge in [0, 0.05) is 4.90 Å². The minimum atomic E-state index is 0.493. The lowest BCUT2D eigenvalue weighted by molar-refractivity contribution is 0.530. The first kappa shape index (κ1) is 11.1. The number of nitriles is 1. The highest BCUT2D eigenvalue weighted by Gasteiger charge is 2.02. The molecule has 0 unspecified atom stereocenters. The number of halogens is 1. The van der Waals surface area contributed by atoms with E-state index in [-0.39, 0.29) is 0 Å². The Morgan fingerprint density at radius 3 is 2.88 bits per heavy atom. The molecule has 0 amide bonds. The standard InChI is InChI=1S/C12H8ClNOS/c13-12-6-11(4-3-9(12)7-14)16-8-10-2-1-5-15-10/h1-6H,8H2. The third-order valence-electron chi connectivity index (χ3n) is 2.02. The Morgan fingerprint density at radius 2 is 2.25 bits per heavy atom. The molecule has 0 N–H and O–H groups in total. The summed E-state index contributed by atoms with van der Waals surface area (Å²) in [5.41, 5.74) is 0.504. The molecule has 16 heavy (non-hydrogen) atoms. The zero-order valence-corrected chi connectivity index (χ0v) is 9.89. The summed E-state index contributed by atoms with van der Waals surface area (Å²) in [5.74, 6) is 1.68. The quantitative estimate of drug-likeness (QED) is 0.769. The summed E-state index contributed by atoms with van der Waals surface area (Å²) >= 11 is 7.55. The first-order valence-electron chi connectivity index (χ1n) is 4.64. The van der Waals surface area contributed by atoms with Gasteiger partial charge in [0.1, 0.15) is 11.8 Å². The lowest BCUT2D eigenvalue weighted by Crippen LogP contribution is -1.80. The molecule has 0 aliphatic rings. The molecule has 0 radical (unpaired) electrons. The van der Waals surface area contributed by atoms with Gasteiger partial charge in [0.15, 0.2) is 0 Å². The Balaban J connectivity index is 2.06. The maximum atomic E-state index is 8.73. The van der Waals surface area contributed by atoms with Gasteiger partial charge in [-0.2, -0.15) is 5.26 Å². The zero-order chi connectivity index (χ0) is 11.4. The number of benzene rings is 1. The fourth-order valence-electron chi connectivity index (χ4n) is 1.23. The highest BCUT2D eigenvalue weighted by molar-refractivity contribution is 7.98. The number of hydrogen-bond donors (Lipinski definition) is 0. The molecule has 80 valence electrons. The van der Waals surface area contributed by atoms with E-state index in [1.807, 2.05) is 24.3 Å². The van der Waals surface area contributed by atoms with E-state index < -0.39 is 0 Å². The maximum absolute atomic E-state index is 8.73. The van der Waals surface area contributed by atoms with Crippen LogP contribution in [0.3, 0.4) is 0 Å². The number of furan rings is 1. The molecule has 4 heteroatoms. The third-order valence-corrected chi connectivity index (χ3v) is 3.35. The summed E-state index contributed by atoms with van der Waals surface area (Å²) in [6, 6.07) is 11.2. The van der Waals surface area contributed by atoms with Crippen LogP contribution in [0, 0.1) is 11.3 Å². The van der Waals surface area contributed by atoms with E-state index in [1.54, 1.807) is 30.2 Å². The van der Waals surface area contributed by atoms with E-state index >= 15 is 0 Å². The molecule has 2 rings (SSSR count). The monoisotopic (exact) mass is 249 g/mol. The van der Waals surface area contributed by atoms with Gasteiger partial charge < -0.3 is 4.42 Å². The zero-order valence-electron chi connectivity index (χ0n) is 8.31. The van der Waals surface area contributed by atoms with Gasteiger partial charge in [-0.15, -0.1) is 11.8 Å². The second kappa shape index (κ2) is 5.11. The molecule has 1 aromatic heterocycles. The van der Waals surface area contributed by atoms with E-state index in [9.17, 15) is 0 Å². The Kier molecular flexibility index (Phi) is 3.55. The second-order valence-electron chi connectivity index (χ2n) is 3.12. The number of nitrogens with zero attached hydrogens (tertiary/aromatic N) is 1. The van der Waals surface area contributed by atoms with E-state index in [1.165, 1.54) is 0 Å². The fourth-order valence-corrected chi connectivity index (χ4v) is 2.35. The molecular weight excluding hydrogens is 242 g/mol. The van der Waals surface area contributed by atoms with Crippen molar-refractivity contribution in [2.24, 2.45) is 0 Å². The van der Waals surface area contributed by atoms with Crippen LogP contribution < -0.4 is 0 Å². The molecule has 0 fully saturated rings. The summed E-state index contributed by atoms with van der Waals surface area (Å²) in [7, 11) is 0. The second-order valence-corrected chi connectivity index (χ2v) is 4.58. The van der Waals surface area contributed by atoms with Crippen molar-refractivity contribution in [1.82, 2.24) is 0 Å². The van der Waals surface area contributed by atoms with Crippen LogP contribution in [-0.2, 0) is 5.75 Å². The molecule has 0 bridgehead atoms. The van der Waals surface area contributed by atoms with Gasteiger partial charge in [-0.1, -0.05) is 11.6 Å². The molecule has 0 aliphatic heterocycles. The van der Waals surface area contributed by atoms with Crippen LogP contribution in [0.15, 0.2) is 45.9 Å². The van der Waals surface area contributed by atoms with E-state index in [2.05, 4.69) is 0 Å². The van der Waals surface area contributed by atoms with Gasteiger partial charge in [-0.3, -0.25) is 0 Å². The van der Waals surface area contributed by atoms with Crippen molar-refractivity contribution >= 4 is 23.4 Å². The van der Waals surface area contributed by atoms with Crippen LogP contribution >= 0.6 is 23.4 Å². The van der Waals surface area contributed by atoms with Crippen molar-refractivity contribution in [3.05, 3.63) is 52.9 Å². The van der Waals surface area contributed by atoms with Gasteiger partial charge in [0.25, 0.3) is 0 Å². The van der Waals surface area contributed by atoms with Gasteiger partial charge in [0.05, 0.1) is 22.6 Å². The predicted molar refractivity (Wildman–Crippen MR) is 64.4 cm³/mol. The predicted octanol–water partition coefficient (Wildman–Crippen LogP) is 4.10. The van der Waals surface area contributed by atoms with Crippen LogP contribution in [0.2, 0.25) is 5.02 Å². The van der Waals surface area contributed by atoms with Gasteiger partial charge in [0.2, 0.25) is 0 Å². The third kappa shape index (κ3) is 2.60. The Labute approximate surface area is 103 Å². The average Bonchev–Trinajstić information content (AvgIpc) is 2.79. The Hall–Kier alpha value is -1.37. The van der Waals surface area contributed by atoms with Crippen molar-refractivity contribution in [3.8, 4) is 6.07 Å². The molecule has 0 saturated carbocycles. The van der Waals surface area contributed by atoms with Gasteiger partial charge in [-0.25, -0.2) is 0 Å². The molecule has 1 heterocycles. The Bertz CT molecular complexity index is 516. The molecule has 0 atom stereocenters. The molecule has 2 aromatic rings. The molecule has 0 saturated heterocycles. The highest BCUT2D eigenvalue weighted by atomic mass is 35.5. The van der Waals surface area contributed by atoms with Crippen molar-refractivity contribution in [3.63, 3.8) is 0 Å². The minimum absolute atomic E-state index is 0.493.